The molecule has 3 nitrogen and oxygen atoms in total. The largest absolute Gasteiger partial charge is 0.314 e. The average Bonchev–Trinajstić information content (AvgIpc) is 2.42. The van der Waals surface area contributed by atoms with Crippen LogP contribution in [0.3, 0.4) is 0 Å². The lowest BCUT2D eigenvalue weighted by Gasteiger charge is -2.35. The molecular weight excluding hydrogens is 317 g/mol. The molecule has 2 rings (SSSR count). The summed E-state index contributed by atoms with van der Waals surface area (Å²) in [7, 11) is 0. The van der Waals surface area contributed by atoms with Crippen molar-refractivity contribution in [2.75, 3.05) is 26.2 Å². The van der Waals surface area contributed by atoms with E-state index in [0.29, 0.717) is 11.2 Å². The molecule has 1 atom stereocenters. The number of aromatic nitrogens is 1. The molecule has 1 aliphatic rings. The summed E-state index contributed by atoms with van der Waals surface area (Å²) in [5, 5.41) is 4.07. The van der Waals surface area contributed by atoms with E-state index >= 15 is 0 Å². The number of rotatable bonds is 5. The highest BCUT2D eigenvalue weighted by atomic mass is 35.5. The molecule has 0 amide bonds. The molecule has 1 aliphatic heterocycles. The summed E-state index contributed by atoms with van der Waals surface area (Å²) in [6.07, 6.45) is 5.39. The van der Waals surface area contributed by atoms with Crippen LogP contribution in [-0.2, 0) is 0 Å². The standard InChI is InChI=1S/C14H22ClN3.2ClH/c1-2-3-6-13(18-10-8-16-9-11-18)12-5-4-7-17-14(12)15;;/h4-5,7,13,16H,2-3,6,8-11H2,1H3;2*1H/t13-;;/m0../s1. The third kappa shape index (κ3) is 5.38. The third-order valence-corrected chi connectivity index (χ3v) is 3.89. The van der Waals surface area contributed by atoms with Crippen molar-refractivity contribution in [1.29, 1.82) is 0 Å². The van der Waals surface area contributed by atoms with Crippen molar-refractivity contribution in [3.05, 3.63) is 29.0 Å². The van der Waals surface area contributed by atoms with Crippen LogP contribution in [0.5, 0.6) is 0 Å². The van der Waals surface area contributed by atoms with Gasteiger partial charge in [-0.2, -0.15) is 0 Å². The van der Waals surface area contributed by atoms with Gasteiger partial charge in [-0.05, 0) is 12.5 Å². The van der Waals surface area contributed by atoms with Crippen LogP contribution < -0.4 is 5.32 Å². The molecule has 0 spiro atoms. The fourth-order valence-electron chi connectivity index (χ4n) is 2.57. The predicted octanol–water partition coefficient (Wildman–Crippen LogP) is 3.72. The van der Waals surface area contributed by atoms with E-state index in [0.717, 1.165) is 26.2 Å². The molecule has 0 radical (unpaired) electrons. The van der Waals surface area contributed by atoms with Crippen LogP contribution in [0, 0.1) is 0 Å². The van der Waals surface area contributed by atoms with Crippen LogP contribution in [0.25, 0.3) is 0 Å². The van der Waals surface area contributed by atoms with E-state index in [1.165, 1.54) is 24.8 Å². The first-order valence-corrected chi connectivity index (χ1v) is 7.26. The van der Waals surface area contributed by atoms with E-state index in [4.69, 9.17) is 11.6 Å². The Hall–Kier alpha value is -0.0600. The molecule has 0 bridgehead atoms. The molecule has 1 aromatic rings. The minimum atomic E-state index is 0. The Balaban J connectivity index is 0.00000180. The Bertz CT molecular complexity index is 370. The van der Waals surface area contributed by atoms with Gasteiger partial charge in [-0.1, -0.05) is 37.4 Å². The average molecular weight is 341 g/mol. The van der Waals surface area contributed by atoms with Gasteiger partial charge in [0, 0.05) is 44.0 Å². The lowest BCUT2D eigenvalue weighted by atomic mass is 10.0. The van der Waals surface area contributed by atoms with Gasteiger partial charge in [0.05, 0.1) is 0 Å². The van der Waals surface area contributed by atoms with E-state index in [-0.39, 0.29) is 24.8 Å². The second kappa shape index (κ2) is 10.6. The lowest BCUT2D eigenvalue weighted by Crippen LogP contribution is -2.45. The first-order valence-electron chi connectivity index (χ1n) is 6.88. The van der Waals surface area contributed by atoms with Crippen molar-refractivity contribution < 1.29 is 0 Å². The van der Waals surface area contributed by atoms with E-state index in [1.807, 2.05) is 6.07 Å². The van der Waals surface area contributed by atoms with Gasteiger partial charge < -0.3 is 5.32 Å². The first-order chi connectivity index (χ1) is 8.83. The van der Waals surface area contributed by atoms with E-state index in [2.05, 4.69) is 28.2 Å². The summed E-state index contributed by atoms with van der Waals surface area (Å²) in [4.78, 5) is 6.76. The minimum absolute atomic E-state index is 0. The smallest absolute Gasteiger partial charge is 0.133 e. The van der Waals surface area contributed by atoms with Gasteiger partial charge in [0.15, 0.2) is 0 Å². The summed E-state index contributed by atoms with van der Waals surface area (Å²) in [5.74, 6) is 0. The van der Waals surface area contributed by atoms with E-state index in [1.54, 1.807) is 6.20 Å². The molecule has 1 saturated heterocycles. The number of hydrogen-bond donors (Lipinski definition) is 1. The number of pyridine rings is 1. The second-order valence-corrected chi connectivity index (χ2v) is 5.19. The molecule has 20 heavy (non-hydrogen) atoms. The van der Waals surface area contributed by atoms with E-state index in [9.17, 15) is 0 Å². The number of halogens is 3. The van der Waals surface area contributed by atoms with E-state index < -0.39 is 0 Å². The van der Waals surface area contributed by atoms with Gasteiger partial charge in [0.25, 0.3) is 0 Å². The van der Waals surface area contributed by atoms with Crippen molar-refractivity contribution in [3.8, 4) is 0 Å². The fraction of sp³-hybridized carbons (Fsp3) is 0.643. The zero-order valence-electron chi connectivity index (χ0n) is 11.8. The molecule has 116 valence electrons. The molecule has 2 heterocycles. The Labute approximate surface area is 139 Å². The normalized spacial score (nSPS) is 16.9. The highest BCUT2D eigenvalue weighted by Gasteiger charge is 2.23. The second-order valence-electron chi connectivity index (χ2n) is 4.83. The summed E-state index contributed by atoms with van der Waals surface area (Å²) in [5.41, 5.74) is 1.19. The molecule has 0 aromatic carbocycles. The Kier molecular flexibility index (Phi) is 10.6. The molecule has 1 aromatic heterocycles. The maximum absolute atomic E-state index is 6.26. The van der Waals surface area contributed by atoms with Gasteiger partial charge in [-0.25, -0.2) is 4.98 Å². The zero-order valence-corrected chi connectivity index (χ0v) is 14.2. The monoisotopic (exact) mass is 339 g/mol. The number of nitrogens with zero attached hydrogens (tertiary/aromatic N) is 2. The summed E-state index contributed by atoms with van der Waals surface area (Å²) in [6, 6.07) is 4.54. The quantitative estimate of drug-likeness (QED) is 0.828. The fourth-order valence-corrected chi connectivity index (χ4v) is 2.82. The predicted molar refractivity (Wildman–Crippen MR) is 90.5 cm³/mol. The molecule has 1 fully saturated rings. The molecule has 0 aliphatic carbocycles. The molecule has 0 saturated carbocycles. The Morgan fingerprint density at radius 3 is 2.65 bits per heavy atom. The molecule has 6 heteroatoms. The number of nitrogens with one attached hydrogen (secondary N) is 1. The third-order valence-electron chi connectivity index (χ3n) is 3.57. The van der Waals surface area contributed by atoms with Crippen LogP contribution in [0.4, 0.5) is 0 Å². The first kappa shape index (κ1) is 19.9. The van der Waals surface area contributed by atoms with Crippen molar-refractivity contribution >= 4 is 36.4 Å². The van der Waals surface area contributed by atoms with Crippen LogP contribution in [0.2, 0.25) is 5.15 Å². The van der Waals surface area contributed by atoms with Gasteiger partial charge in [0.2, 0.25) is 0 Å². The lowest BCUT2D eigenvalue weighted by molar-refractivity contribution is 0.163. The van der Waals surface area contributed by atoms with Crippen molar-refractivity contribution in [2.45, 2.75) is 32.2 Å². The van der Waals surface area contributed by atoms with Crippen molar-refractivity contribution in [3.63, 3.8) is 0 Å². The molecular formula is C14H24Cl3N3. The maximum Gasteiger partial charge on any atom is 0.133 e. The van der Waals surface area contributed by atoms with Gasteiger partial charge >= 0.3 is 0 Å². The number of hydrogen-bond acceptors (Lipinski definition) is 3. The van der Waals surface area contributed by atoms with Crippen LogP contribution >= 0.6 is 36.4 Å². The summed E-state index contributed by atoms with van der Waals surface area (Å²) in [6.45, 7) is 6.57. The highest BCUT2D eigenvalue weighted by Crippen LogP contribution is 2.30. The van der Waals surface area contributed by atoms with Crippen LogP contribution in [0.15, 0.2) is 18.3 Å². The minimum Gasteiger partial charge on any atom is -0.314 e. The summed E-state index contributed by atoms with van der Waals surface area (Å²) < 4.78 is 0. The molecule has 0 unspecified atom stereocenters. The van der Waals surface area contributed by atoms with Crippen LogP contribution in [-0.4, -0.2) is 36.1 Å². The number of piperazine rings is 1. The van der Waals surface area contributed by atoms with Gasteiger partial charge in [0.1, 0.15) is 5.15 Å². The highest BCUT2D eigenvalue weighted by molar-refractivity contribution is 6.30. The van der Waals surface area contributed by atoms with Crippen LogP contribution in [0.1, 0.15) is 37.8 Å². The summed E-state index contributed by atoms with van der Waals surface area (Å²) >= 11 is 6.26. The van der Waals surface area contributed by atoms with Crippen molar-refractivity contribution in [1.82, 2.24) is 15.2 Å². The number of unbranched alkanes of at least 4 members (excludes halogenated alkanes) is 1. The zero-order chi connectivity index (χ0) is 12.8. The maximum atomic E-state index is 6.26. The topological polar surface area (TPSA) is 28.2 Å². The Morgan fingerprint density at radius 2 is 2.05 bits per heavy atom. The van der Waals surface area contributed by atoms with Gasteiger partial charge in [-0.15, -0.1) is 24.8 Å². The SMILES string of the molecule is CCCC[C@@H](c1cccnc1Cl)N1CCNCC1.Cl.Cl. The molecule has 1 N–H and O–H groups in total. The Morgan fingerprint density at radius 1 is 1.35 bits per heavy atom. The van der Waals surface area contributed by atoms with Crippen molar-refractivity contribution in [2.24, 2.45) is 0 Å². The van der Waals surface area contributed by atoms with Gasteiger partial charge in [-0.3, -0.25) is 4.90 Å².